The summed E-state index contributed by atoms with van der Waals surface area (Å²) in [6.07, 6.45) is -1.00. The molecule has 2 heterocycles. The standard InChI is InChI=1S/C26H22N2O5/c1-2-32-26(31)19-15-9-10-16-20(19)27-24(29)21-22(17-11-5-3-6-12-17)28(33-23(21)25(27)30)18-13-7-4-8-14-18/h3-16,21-23H,2H2,1H3. The van der Waals surface area contributed by atoms with E-state index in [0.717, 1.165) is 16.2 Å². The summed E-state index contributed by atoms with van der Waals surface area (Å²) in [5.74, 6) is -2.26. The number of anilines is 2. The van der Waals surface area contributed by atoms with Gasteiger partial charge in [-0.25, -0.2) is 14.8 Å². The lowest BCUT2D eigenvalue weighted by atomic mass is 9.90. The summed E-state index contributed by atoms with van der Waals surface area (Å²) in [5, 5.41) is 1.65. The van der Waals surface area contributed by atoms with E-state index in [9.17, 15) is 14.4 Å². The third kappa shape index (κ3) is 3.47. The minimum absolute atomic E-state index is 0.164. The van der Waals surface area contributed by atoms with Crippen LogP contribution in [-0.4, -0.2) is 30.5 Å². The number of carbonyl (C=O) groups excluding carboxylic acids is 3. The topological polar surface area (TPSA) is 76.2 Å². The minimum Gasteiger partial charge on any atom is -0.462 e. The predicted molar refractivity (Wildman–Crippen MR) is 121 cm³/mol. The normalized spacial score (nSPS) is 21.9. The molecule has 0 bridgehead atoms. The molecule has 0 aromatic heterocycles. The number of para-hydroxylation sites is 2. The lowest BCUT2D eigenvalue weighted by Gasteiger charge is -2.29. The van der Waals surface area contributed by atoms with Gasteiger partial charge in [-0.3, -0.25) is 14.4 Å². The van der Waals surface area contributed by atoms with Crippen molar-refractivity contribution in [2.45, 2.75) is 19.1 Å². The maximum Gasteiger partial charge on any atom is 0.340 e. The van der Waals surface area contributed by atoms with Gasteiger partial charge < -0.3 is 4.74 Å². The predicted octanol–water partition coefficient (Wildman–Crippen LogP) is 3.91. The van der Waals surface area contributed by atoms with Gasteiger partial charge in [0.15, 0.2) is 6.10 Å². The van der Waals surface area contributed by atoms with Gasteiger partial charge in [0.25, 0.3) is 5.91 Å². The molecule has 2 amide bonds. The number of hydrogen-bond acceptors (Lipinski definition) is 6. The Morgan fingerprint density at radius 1 is 0.879 bits per heavy atom. The number of benzene rings is 3. The number of hydroxylamine groups is 1. The first-order valence-electron chi connectivity index (χ1n) is 10.8. The van der Waals surface area contributed by atoms with Gasteiger partial charge >= 0.3 is 5.97 Å². The maximum atomic E-state index is 13.7. The first-order valence-corrected chi connectivity index (χ1v) is 10.8. The molecular weight excluding hydrogens is 420 g/mol. The van der Waals surface area contributed by atoms with E-state index in [1.165, 1.54) is 0 Å². The van der Waals surface area contributed by atoms with Crippen molar-refractivity contribution >= 4 is 29.2 Å². The van der Waals surface area contributed by atoms with Crippen LogP contribution in [0.3, 0.4) is 0 Å². The zero-order valence-electron chi connectivity index (χ0n) is 18.0. The molecule has 0 N–H and O–H groups in total. The van der Waals surface area contributed by atoms with E-state index in [1.54, 1.807) is 36.3 Å². The zero-order chi connectivity index (χ0) is 22.9. The second-order valence-corrected chi connectivity index (χ2v) is 7.82. The fourth-order valence-electron chi connectivity index (χ4n) is 4.49. The van der Waals surface area contributed by atoms with Gasteiger partial charge in [0.2, 0.25) is 5.91 Å². The van der Waals surface area contributed by atoms with Crippen LogP contribution >= 0.6 is 0 Å². The number of fused-ring (bicyclic) bond motifs is 1. The van der Waals surface area contributed by atoms with Crippen LogP contribution in [0.1, 0.15) is 28.9 Å². The van der Waals surface area contributed by atoms with Gasteiger partial charge in [0.1, 0.15) is 5.92 Å². The number of carbonyl (C=O) groups is 3. The lowest BCUT2D eigenvalue weighted by molar-refractivity contribution is -0.126. The molecule has 33 heavy (non-hydrogen) atoms. The second kappa shape index (κ2) is 8.52. The van der Waals surface area contributed by atoms with Gasteiger partial charge in [-0.2, -0.15) is 0 Å². The summed E-state index contributed by atoms with van der Waals surface area (Å²) in [6, 6.07) is 24.9. The van der Waals surface area contributed by atoms with Crippen molar-refractivity contribution in [3.05, 3.63) is 96.1 Å². The van der Waals surface area contributed by atoms with Crippen LogP contribution in [0.25, 0.3) is 0 Å². The summed E-state index contributed by atoms with van der Waals surface area (Å²) in [6.45, 7) is 1.89. The number of hydrogen-bond donors (Lipinski definition) is 0. The molecule has 2 saturated heterocycles. The average molecular weight is 442 g/mol. The third-order valence-corrected chi connectivity index (χ3v) is 5.91. The molecule has 3 unspecified atom stereocenters. The third-order valence-electron chi connectivity index (χ3n) is 5.91. The molecule has 2 fully saturated rings. The minimum atomic E-state index is -1.00. The molecule has 3 aromatic rings. The van der Waals surface area contributed by atoms with Crippen molar-refractivity contribution in [2.24, 2.45) is 5.92 Å². The fraction of sp³-hybridized carbons (Fsp3) is 0.192. The highest BCUT2D eigenvalue weighted by Crippen LogP contribution is 2.47. The van der Waals surface area contributed by atoms with Crippen molar-refractivity contribution in [1.29, 1.82) is 0 Å². The highest BCUT2D eigenvalue weighted by atomic mass is 16.7. The van der Waals surface area contributed by atoms with E-state index >= 15 is 0 Å². The molecule has 0 spiro atoms. The fourth-order valence-corrected chi connectivity index (χ4v) is 4.49. The molecule has 0 aliphatic carbocycles. The molecule has 0 radical (unpaired) electrons. The van der Waals surface area contributed by atoms with E-state index in [0.29, 0.717) is 0 Å². The number of imide groups is 1. The maximum absolute atomic E-state index is 13.7. The Balaban J connectivity index is 1.57. The Hall–Kier alpha value is -3.97. The van der Waals surface area contributed by atoms with E-state index in [4.69, 9.17) is 9.57 Å². The molecule has 7 heteroatoms. The lowest BCUT2D eigenvalue weighted by Crippen LogP contribution is -2.38. The van der Waals surface area contributed by atoms with Gasteiger partial charge in [-0.15, -0.1) is 0 Å². The monoisotopic (exact) mass is 442 g/mol. The van der Waals surface area contributed by atoms with Crippen molar-refractivity contribution < 1.29 is 24.0 Å². The summed E-state index contributed by atoms with van der Waals surface area (Å²) >= 11 is 0. The van der Waals surface area contributed by atoms with Crippen molar-refractivity contribution in [2.75, 3.05) is 16.6 Å². The highest BCUT2D eigenvalue weighted by molar-refractivity contribution is 6.25. The molecular formula is C26H22N2O5. The summed E-state index contributed by atoms with van der Waals surface area (Å²) in [7, 11) is 0. The number of nitrogens with zero attached hydrogens (tertiary/aromatic N) is 2. The summed E-state index contributed by atoms with van der Waals surface area (Å²) in [5.41, 5.74) is 1.98. The summed E-state index contributed by atoms with van der Waals surface area (Å²) in [4.78, 5) is 46.9. The molecule has 3 aromatic carbocycles. The van der Waals surface area contributed by atoms with Crippen LogP contribution in [0, 0.1) is 5.92 Å². The van der Waals surface area contributed by atoms with Crippen molar-refractivity contribution in [3.8, 4) is 0 Å². The number of ether oxygens (including phenoxy) is 1. The van der Waals surface area contributed by atoms with E-state index in [1.807, 2.05) is 60.7 Å². The Kier molecular flexibility index (Phi) is 5.40. The van der Waals surface area contributed by atoms with Gasteiger partial charge in [-0.05, 0) is 36.8 Å². The van der Waals surface area contributed by atoms with E-state index in [2.05, 4.69) is 0 Å². The zero-order valence-corrected chi connectivity index (χ0v) is 18.0. The Morgan fingerprint density at radius 3 is 2.21 bits per heavy atom. The number of esters is 1. The van der Waals surface area contributed by atoms with Crippen molar-refractivity contribution in [3.63, 3.8) is 0 Å². The molecule has 2 aliphatic heterocycles. The van der Waals surface area contributed by atoms with Gasteiger partial charge in [0, 0.05) is 0 Å². The first kappa shape index (κ1) is 20.9. The molecule has 3 atom stereocenters. The van der Waals surface area contributed by atoms with Gasteiger partial charge in [-0.1, -0.05) is 60.7 Å². The SMILES string of the molecule is CCOC(=O)c1ccccc1N1C(=O)C2ON(c3ccccc3)C(c3ccccc3)C2C1=O. The van der Waals surface area contributed by atoms with Gasteiger partial charge in [0.05, 0.1) is 29.6 Å². The van der Waals surface area contributed by atoms with Crippen LogP contribution < -0.4 is 9.96 Å². The Morgan fingerprint density at radius 2 is 1.52 bits per heavy atom. The van der Waals surface area contributed by atoms with Crippen LogP contribution in [0.4, 0.5) is 11.4 Å². The summed E-state index contributed by atoms with van der Waals surface area (Å²) < 4.78 is 5.13. The van der Waals surface area contributed by atoms with Crippen LogP contribution in [0.2, 0.25) is 0 Å². The van der Waals surface area contributed by atoms with E-state index in [-0.39, 0.29) is 17.9 Å². The molecule has 7 nitrogen and oxygen atoms in total. The van der Waals surface area contributed by atoms with Crippen molar-refractivity contribution in [1.82, 2.24) is 0 Å². The van der Waals surface area contributed by atoms with E-state index < -0.39 is 35.8 Å². The highest BCUT2D eigenvalue weighted by Gasteiger charge is 2.60. The molecule has 5 rings (SSSR count). The largest absolute Gasteiger partial charge is 0.462 e. The van der Waals surface area contributed by atoms with Crippen LogP contribution in [0.5, 0.6) is 0 Å². The van der Waals surface area contributed by atoms with Crippen LogP contribution in [0.15, 0.2) is 84.9 Å². The first-order chi connectivity index (χ1) is 16.1. The number of amides is 2. The molecule has 166 valence electrons. The van der Waals surface area contributed by atoms with Crippen LogP contribution in [-0.2, 0) is 19.2 Å². The molecule has 2 aliphatic rings. The second-order valence-electron chi connectivity index (χ2n) is 7.82. The number of rotatable bonds is 5. The Bertz CT molecular complexity index is 1200. The quantitative estimate of drug-likeness (QED) is 0.441. The average Bonchev–Trinajstić information content (AvgIpc) is 3.36. The smallest absolute Gasteiger partial charge is 0.340 e. The Labute approximate surface area is 191 Å². The molecule has 0 saturated carbocycles.